The van der Waals surface area contributed by atoms with Crippen LogP contribution in [0.15, 0.2) is 109 Å². The van der Waals surface area contributed by atoms with Gasteiger partial charge in [-0.15, -0.1) is 0 Å². The van der Waals surface area contributed by atoms with E-state index in [1.54, 1.807) is 6.08 Å². The van der Waals surface area contributed by atoms with E-state index in [4.69, 9.17) is 9.47 Å². The van der Waals surface area contributed by atoms with Gasteiger partial charge in [-0.1, -0.05) is 284 Å². The van der Waals surface area contributed by atoms with Crippen molar-refractivity contribution in [3.8, 4) is 0 Å². The fraction of sp³-hybridized carbons (Fsp3) is 0.732. The molecule has 0 aliphatic carbocycles. The van der Waals surface area contributed by atoms with E-state index in [9.17, 15) is 30.3 Å². The summed E-state index contributed by atoms with van der Waals surface area (Å²) in [4.78, 5) is 13.1. The highest BCUT2D eigenvalue weighted by atomic mass is 16.7. The van der Waals surface area contributed by atoms with Crippen LogP contribution in [0, 0.1) is 0 Å². The van der Waals surface area contributed by atoms with Gasteiger partial charge in [-0.05, 0) is 96.3 Å². The van der Waals surface area contributed by atoms with E-state index in [1.165, 1.54) is 173 Å². The molecular formula is C71H123NO8. The van der Waals surface area contributed by atoms with Gasteiger partial charge in [0.2, 0.25) is 5.91 Å². The van der Waals surface area contributed by atoms with Gasteiger partial charge in [-0.25, -0.2) is 0 Å². The first-order valence-corrected chi connectivity index (χ1v) is 33.1. The summed E-state index contributed by atoms with van der Waals surface area (Å²) in [7, 11) is 0. The Morgan fingerprint density at radius 1 is 0.438 bits per heavy atom. The van der Waals surface area contributed by atoms with E-state index in [1.807, 2.05) is 6.08 Å². The van der Waals surface area contributed by atoms with E-state index in [-0.39, 0.29) is 12.5 Å². The highest BCUT2D eigenvalue weighted by Crippen LogP contribution is 2.23. The van der Waals surface area contributed by atoms with Crippen molar-refractivity contribution in [2.24, 2.45) is 0 Å². The standard InChI is InChI=1S/C71H123NO8/c1-3-5-7-9-11-13-15-17-19-21-23-25-26-27-28-29-30-31-32-33-34-35-36-37-38-39-40-41-43-45-47-49-51-53-55-57-59-61-67(75)72-64(63-79-71-70(78)69(77)68(76)66(62-73)80-71)65(74)60-58-56-54-52-50-48-46-44-42-24-22-20-18-16-14-12-10-8-6-4-2/h5,7,11,13,17,19,23,25,27-28,30-31,42,44,50,52,58,60,64-66,68-71,73-74,76-78H,3-4,6,8-10,12,14-16,18,20-22,24,26,29,32-41,43,45-49,51,53-57,59,61-63H2,1-2H3,(H,72,75)/b7-5-,13-11-,19-17-,25-23-,28-27-,31-30-,44-42+,52-50+,60-58+. The summed E-state index contributed by atoms with van der Waals surface area (Å²) in [5.74, 6) is -0.191. The summed E-state index contributed by atoms with van der Waals surface area (Å²) in [6.07, 6.45) is 80.4. The molecule has 0 saturated carbocycles. The van der Waals surface area contributed by atoms with Gasteiger partial charge >= 0.3 is 0 Å². The van der Waals surface area contributed by atoms with Gasteiger partial charge in [0.15, 0.2) is 6.29 Å². The van der Waals surface area contributed by atoms with Gasteiger partial charge in [0.1, 0.15) is 24.4 Å². The van der Waals surface area contributed by atoms with Crippen molar-refractivity contribution >= 4 is 5.91 Å². The molecule has 80 heavy (non-hydrogen) atoms. The second-order valence-corrected chi connectivity index (χ2v) is 22.5. The van der Waals surface area contributed by atoms with Crippen molar-refractivity contribution in [1.29, 1.82) is 0 Å². The highest BCUT2D eigenvalue weighted by molar-refractivity contribution is 5.76. The number of allylic oxidation sites excluding steroid dienone is 17. The third kappa shape index (κ3) is 47.4. The summed E-state index contributed by atoms with van der Waals surface area (Å²) in [5, 5.41) is 54.6. The molecular weight excluding hydrogens is 995 g/mol. The first-order chi connectivity index (χ1) is 39.3. The molecule has 1 aliphatic rings. The molecule has 1 rings (SSSR count). The van der Waals surface area contributed by atoms with Crippen LogP contribution >= 0.6 is 0 Å². The lowest BCUT2D eigenvalue weighted by molar-refractivity contribution is -0.302. The maximum Gasteiger partial charge on any atom is 0.220 e. The zero-order valence-corrected chi connectivity index (χ0v) is 51.3. The van der Waals surface area contributed by atoms with E-state index in [0.717, 1.165) is 83.5 Å². The summed E-state index contributed by atoms with van der Waals surface area (Å²) < 4.78 is 11.3. The first-order valence-electron chi connectivity index (χ1n) is 33.1. The molecule has 460 valence electrons. The fourth-order valence-electron chi connectivity index (χ4n) is 9.90. The number of hydrogen-bond acceptors (Lipinski definition) is 8. The van der Waals surface area contributed by atoms with Crippen LogP contribution in [0.4, 0.5) is 0 Å². The molecule has 9 heteroatoms. The molecule has 0 spiro atoms. The van der Waals surface area contributed by atoms with E-state index >= 15 is 0 Å². The average molecular weight is 1120 g/mol. The predicted octanol–water partition coefficient (Wildman–Crippen LogP) is 17.7. The number of rotatable bonds is 56. The molecule has 1 saturated heterocycles. The van der Waals surface area contributed by atoms with Crippen molar-refractivity contribution in [2.45, 2.75) is 320 Å². The zero-order valence-electron chi connectivity index (χ0n) is 51.3. The molecule has 1 aliphatic heterocycles. The molecule has 0 radical (unpaired) electrons. The SMILES string of the molecule is CC/C=C\C/C=C\C/C=C\C/C=C\C/C=C\C/C=C\CCCCCCCCCCCCCCCCCCCCC(=O)NC(COC1OC(CO)C(O)C(O)C1O)C(O)/C=C/CC/C=C/CC/C=C/CCCCCCCCCCCC. The summed E-state index contributed by atoms with van der Waals surface area (Å²) >= 11 is 0. The molecule has 7 unspecified atom stereocenters. The summed E-state index contributed by atoms with van der Waals surface area (Å²) in [6.45, 7) is 3.66. The van der Waals surface area contributed by atoms with Gasteiger partial charge in [0.05, 0.1) is 25.4 Å². The van der Waals surface area contributed by atoms with Gasteiger partial charge in [-0.3, -0.25) is 4.79 Å². The van der Waals surface area contributed by atoms with Crippen LogP contribution in [0.2, 0.25) is 0 Å². The summed E-state index contributed by atoms with van der Waals surface area (Å²) in [5.41, 5.74) is 0. The fourth-order valence-corrected chi connectivity index (χ4v) is 9.90. The average Bonchev–Trinajstić information content (AvgIpc) is 3.46. The molecule has 0 aromatic heterocycles. The number of amides is 1. The second-order valence-electron chi connectivity index (χ2n) is 22.5. The largest absolute Gasteiger partial charge is 0.394 e. The topological polar surface area (TPSA) is 149 Å². The van der Waals surface area contributed by atoms with E-state index in [0.29, 0.717) is 6.42 Å². The van der Waals surface area contributed by atoms with Crippen molar-refractivity contribution in [3.63, 3.8) is 0 Å². The number of aliphatic hydroxyl groups is 5. The van der Waals surface area contributed by atoms with Gasteiger partial charge in [0, 0.05) is 6.42 Å². The Morgan fingerprint density at radius 2 is 0.787 bits per heavy atom. The van der Waals surface area contributed by atoms with Crippen molar-refractivity contribution < 1.29 is 39.8 Å². The number of hydrogen-bond donors (Lipinski definition) is 6. The quantitative estimate of drug-likeness (QED) is 0.0261. The monoisotopic (exact) mass is 1120 g/mol. The Morgan fingerprint density at radius 3 is 1.20 bits per heavy atom. The molecule has 9 nitrogen and oxygen atoms in total. The lowest BCUT2D eigenvalue weighted by Crippen LogP contribution is -2.60. The third-order valence-corrected chi connectivity index (χ3v) is 15.1. The van der Waals surface area contributed by atoms with E-state index < -0.39 is 49.5 Å². The summed E-state index contributed by atoms with van der Waals surface area (Å²) in [6, 6.07) is -0.834. The Labute approximate surface area is 491 Å². The Bertz CT molecular complexity index is 1630. The maximum atomic E-state index is 13.1. The number of carbonyl (C=O) groups excluding carboxylic acids is 1. The molecule has 7 atom stereocenters. The number of carbonyl (C=O) groups is 1. The minimum atomic E-state index is -1.58. The molecule has 0 aromatic rings. The smallest absolute Gasteiger partial charge is 0.220 e. The van der Waals surface area contributed by atoms with Crippen molar-refractivity contribution in [3.05, 3.63) is 109 Å². The molecule has 6 N–H and O–H groups in total. The molecule has 0 aromatic carbocycles. The zero-order chi connectivity index (χ0) is 57.9. The van der Waals surface area contributed by atoms with Gasteiger partial charge in [0.25, 0.3) is 0 Å². The van der Waals surface area contributed by atoms with Crippen LogP contribution in [-0.4, -0.2) is 87.5 Å². The third-order valence-electron chi connectivity index (χ3n) is 15.1. The molecule has 1 heterocycles. The van der Waals surface area contributed by atoms with Crippen molar-refractivity contribution in [1.82, 2.24) is 5.32 Å². The van der Waals surface area contributed by atoms with Crippen LogP contribution in [0.1, 0.15) is 277 Å². The highest BCUT2D eigenvalue weighted by Gasteiger charge is 2.44. The maximum absolute atomic E-state index is 13.1. The lowest BCUT2D eigenvalue weighted by atomic mass is 9.99. The number of unbranched alkanes of at least 4 members (excludes halogenated alkanes) is 30. The lowest BCUT2D eigenvalue weighted by Gasteiger charge is -2.40. The molecule has 0 bridgehead atoms. The van der Waals surface area contributed by atoms with Crippen LogP contribution in [0.25, 0.3) is 0 Å². The first kappa shape index (κ1) is 74.9. The Hall–Kier alpha value is -3.15. The Kier molecular flexibility index (Phi) is 55.2. The van der Waals surface area contributed by atoms with Crippen LogP contribution in [0.5, 0.6) is 0 Å². The van der Waals surface area contributed by atoms with E-state index in [2.05, 4.69) is 116 Å². The van der Waals surface area contributed by atoms with Gasteiger partial charge in [-0.2, -0.15) is 0 Å². The van der Waals surface area contributed by atoms with Crippen LogP contribution in [0.3, 0.4) is 0 Å². The predicted molar refractivity (Wildman–Crippen MR) is 341 cm³/mol. The minimum Gasteiger partial charge on any atom is -0.394 e. The number of aliphatic hydroxyl groups excluding tert-OH is 5. The minimum absolute atomic E-state index is 0.191. The molecule has 1 fully saturated rings. The van der Waals surface area contributed by atoms with Gasteiger partial charge < -0.3 is 40.3 Å². The Balaban J connectivity index is 2.14. The van der Waals surface area contributed by atoms with Crippen LogP contribution < -0.4 is 5.32 Å². The van der Waals surface area contributed by atoms with Crippen LogP contribution in [-0.2, 0) is 14.3 Å². The van der Waals surface area contributed by atoms with Crippen molar-refractivity contribution in [2.75, 3.05) is 13.2 Å². The number of nitrogens with one attached hydrogen (secondary N) is 1. The number of ether oxygens (including phenoxy) is 2. The normalized spacial score (nSPS) is 19.2. The second kappa shape index (κ2) is 59.0. The molecule has 1 amide bonds.